The molecule has 5 nitrogen and oxygen atoms in total. The summed E-state index contributed by atoms with van der Waals surface area (Å²) in [5.74, 6) is 0.471. The molecule has 1 N–H and O–H groups in total. The monoisotopic (exact) mass is 503 g/mol. The van der Waals surface area contributed by atoms with Crippen LogP contribution in [-0.4, -0.2) is 61.1 Å². The maximum Gasteiger partial charge on any atom is 0.224 e. The predicted molar refractivity (Wildman–Crippen MR) is 146 cm³/mol. The van der Waals surface area contributed by atoms with Crippen LogP contribution in [0, 0.1) is 17.7 Å². The molecule has 2 heterocycles. The number of ether oxygens (including phenoxy) is 1. The first-order valence-corrected chi connectivity index (χ1v) is 13.7. The van der Waals surface area contributed by atoms with Crippen molar-refractivity contribution in [2.45, 2.75) is 38.8 Å². The van der Waals surface area contributed by atoms with Crippen LogP contribution in [0.2, 0.25) is 0 Å². The first-order valence-electron chi connectivity index (χ1n) is 13.7. The lowest BCUT2D eigenvalue weighted by molar-refractivity contribution is -0.128. The van der Waals surface area contributed by atoms with Crippen molar-refractivity contribution in [3.8, 4) is 5.75 Å². The molecule has 196 valence electrons. The van der Waals surface area contributed by atoms with Crippen LogP contribution in [0.4, 0.5) is 4.39 Å². The number of rotatable bonds is 9. The smallest absolute Gasteiger partial charge is 0.224 e. The van der Waals surface area contributed by atoms with Gasteiger partial charge in [0.1, 0.15) is 11.6 Å². The minimum absolute atomic E-state index is 0.0909. The van der Waals surface area contributed by atoms with E-state index in [-0.39, 0.29) is 23.6 Å². The number of hydrogen-bond acceptors (Lipinski definition) is 4. The average Bonchev–Trinajstić information content (AvgIpc) is 3.38. The number of likely N-dealkylation sites (tertiary alicyclic amines) is 2. The first kappa shape index (κ1) is 25.7. The molecule has 2 aliphatic heterocycles. The maximum atomic E-state index is 13.6. The number of likely N-dealkylation sites (N-methyl/N-ethyl adjacent to an activating group) is 1. The molecule has 2 saturated heterocycles. The van der Waals surface area contributed by atoms with Crippen LogP contribution < -0.4 is 10.1 Å². The summed E-state index contributed by atoms with van der Waals surface area (Å²) >= 11 is 0. The molecule has 3 atom stereocenters. The number of piperidine rings is 1. The summed E-state index contributed by atoms with van der Waals surface area (Å²) in [4.78, 5) is 18.2. The molecule has 37 heavy (non-hydrogen) atoms. The number of nitrogens with zero attached hydrogens (tertiary/aromatic N) is 2. The Labute approximate surface area is 219 Å². The van der Waals surface area contributed by atoms with Gasteiger partial charge < -0.3 is 10.1 Å². The van der Waals surface area contributed by atoms with Crippen LogP contribution in [0.15, 0.2) is 66.7 Å². The van der Waals surface area contributed by atoms with Crippen molar-refractivity contribution < 1.29 is 13.9 Å². The Balaban J connectivity index is 1.26. The topological polar surface area (TPSA) is 44.8 Å². The van der Waals surface area contributed by atoms with Gasteiger partial charge >= 0.3 is 0 Å². The highest BCUT2D eigenvalue weighted by atomic mass is 19.1. The van der Waals surface area contributed by atoms with Crippen molar-refractivity contribution in [3.05, 3.63) is 78.1 Å². The molecule has 2 aliphatic rings. The Bertz CT molecular complexity index is 1200. The van der Waals surface area contributed by atoms with E-state index in [1.807, 2.05) is 0 Å². The molecule has 1 unspecified atom stereocenters. The number of nitrogens with one attached hydrogen (secondary N) is 1. The van der Waals surface area contributed by atoms with Crippen LogP contribution in [0.1, 0.15) is 31.7 Å². The van der Waals surface area contributed by atoms with Crippen molar-refractivity contribution in [2.75, 3.05) is 39.3 Å². The first-order chi connectivity index (χ1) is 18.1. The molecule has 0 radical (unpaired) electrons. The van der Waals surface area contributed by atoms with Crippen LogP contribution in [0.25, 0.3) is 10.8 Å². The Hall–Kier alpha value is -2.96. The highest BCUT2D eigenvalue weighted by Gasteiger charge is 2.33. The van der Waals surface area contributed by atoms with E-state index in [1.54, 1.807) is 12.1 Å². The molecule has 3 aromatic rings. The normalized spacial score (nSPS) is 22.8. The van der Waals surface area contributed by atoms with Gasteiger partial charge in [0, 0.05) is 44.2 Å². The fourth-order valence-electron chi connectivity index (χ4n) is 6.01. The van der Waals surface area contributed by atoms with Gasteiger partial charge in [0.15, 0.2) is 0 Å². The van der Waals surface area contributed by atoms with Gasteiger partial charge in [-0.05, 0) is 66.9 Å². The van der Waals surface area contributed by atoms with Crippen molar-refractivity contribution in [1.82, 2.24) is 15.1 Å². The van der Waals surface area contributed by atoms with E-state index in [1.165, 1.54) is 34.9 Å². The van der Waals surface area contributed by atoms with Gasteiger partial charge in [0.25, 0.3) is 0 Å². The summed E-state index contributed by atoms with van der Waals surface area (Å²) < 4.78 is 19.6. The summed E-state index contributed by atoms with van der Waals surface area (Å²) in [5, 5.41) is 5.74. The maximum absolute atomic E-state index is 13.6. The van der Waals surface area contributed by atoms with Gasteiger partial charge in [-0.2, -0.15) is 0 Å². The average molecular weight is 504 g/mol. The van der Waals surface area contributed by atoms with Gasteiger partial charge in [0.2, 0.25) is 5.91 Å². The van der Waals surface area contributed by atoms with E-state index in [0.29, 0.717) is 18.4 Å². The summed E-state index contributed by atoms with van der Waals surface area (Å²) in [6.07, 6.45) is 3.13. The van der Waals surface area contributed by atoms with Crippen molar-refractivity contribution in [1.29, 1.82) is 0 Å². The quantitative estimate of drug-likeness (QED) is 0.442. The molecular weight excluding hydrogens is 465 g/mol. The summed E-state index contributed by atoms with van der Waals surface area (Å²) in [6, 6.07) is 21.7. The SMILES string of the molecule is CCN1CCCC1CNC(=O)[C@@H]1C[C@H](COc2cccc(F)c2)CN(Cc2ccc3ccccc3c2)C1. The number of carbonyl (C=O) groups is 1. The zero-order valence-corrected chi connectivity index (χ0v) is 21.7. The standard InChI is InChI=1S/C31H38FN3O2/c1-2-35-14-6-10-29(35)18-33-31(36)27-16-24(22-37-30-11-5-9-28(32)17-30)20-34(21-27)19-23-12-13-25-7-3-4-8-26(25)15-23/h3-5,7-9,11-13,15,17,24,27,29H,2,6,10,14,16,18-22H2,1H3,(H,33,36)/t24-,27+,29?/m0/s1. The van der Waals surface area contributed by atoms with Gasteiger partial charge in [-0.25, -0.2) is 4.39 Å². The number of benzene rings is 3. The zero-order valence-electron chi connectivity index (χ0n) is 21.7. The van der Waals surface area contributed by atoms with Gasteiger partial charge in [-0.1, -0.05) is 49.4 Å². The molecule has 5 rings (SSSR count). The lowest BCUT2D eigenvalue weighted by Crippen LogP contribution is -2.49. The highest BCUT2D eigenvalue weighted by molar-refractivity contribution is 5.83. The number of hydrogen-bond donors (Lipinski definition) is 1. The third-order valence-corrected chi connectivity index (χ3v) is 7.90. The van der Waals surface area contributed by atoms with E-state index >= 15 is 0 Å². The van der Waals surface area contributed by atoms with Crippen LogP contribution in [0.3, 0.4) is 0 Å². The molecule has 6 heteroatoms. The molecular formula is C31H38FN3O2. The largest absolute Gasteiger partial charge is 0.493 e. The molecule has 0 bridgehead atoms. The Kier molecular flexibility index (Phi) is 8.37. The van der Waals surface area contributed by atoms with Crippen molar-refractivity contribution in [3.63, 3.8) is 0 Å². The summed E-state index contributed by atoms with van der Waals surface area (Å²) in [6.45, 7) is 7.90. The fraction of sp³-hybridized carbons (Fsp3) is 0.452. The molecule has 0 aromatic heterocycles. The third-order valence-electron chi connectivity index (χ3n) is 7.90. The van der Waals surface area contributed by atoms with Gasteiger partial charge in [-0.3, -0.25) is 14.6 Å². The molecule has 0 saturated carbocycles. The van der Waals surface area contributed by atoms with Gasteiger partial charge in [-0.15, -0.1) is 0 Å². The Morgan fingerprint density at radius 3 is 2.76 bits per heavy atom. The number of halogens is 1. The van der Waals surface area contributed by atoms with E-state index in [2.05, 4.69) is 64.5 Å². The van der Waals surface area contributed by atoms with Crippen molar-refractivity contribution >= 4 is 16.7 Å². The lowest BCUT2D eigenvalue weighted by Gasteiger charge is -2.37. The highest BCUT2D eigenvalue weighted by Crippen LogP contribution is 2.26. The molecule has 0 spiro atoms. The second-order valence-electron chi connectivity index (χ2n) is 10.6. The van der Waals surface area contributed by atoms with Crippen LogP contribution >= 0.6 is 0 Å². The molecule has 2 fully saturated rings. The van der Waals surface area contributed by atoms with Crippen LogP contribution in [0.5, 0.6) is 5.75 Å². The predicted octanol–water partition coefficient (Wildman–Crippen LogP) is 5.10. The van der Waals surface area contributed by atoms with E-state index in [0.717, 1.165) is 52.1 Å². The zero-order chi connectivity index (χ0) is 25.6. The van der Waals surface area contributed by atoms with Gasteiger partial charge in [0.05, 0.1) is 12.5 Å². The number of fused-ring (bicyclic) bond motifs is 1. The molecule has 1 amide bonds. The van der Waals surface area contributed by atoms with E-state index in [9.17, 15) is 9.18 Å². The summed E-state index contributed by atoms with van der Waals surface area (Å²) in [7, 11) is 0. The van der Waals surface area contributed by atoms with E-state index in [4.69, 9.17) is 4.74 Å². The molecule has 3 aromatic carbocycles. The van der Waals surface area contributed by atoms with E-state index < -0.39 is 0 Å². The lowest BCUT2D eigenvalue weighted by atomic mass is 9.88. The number of amides is 1. The summed E-state index contributed by atoms with van der Waals surface area (Å²) in [5.41, 5.74) is 1.24. The number of carbonyl (C=O) groups excluding carboxylic acids is 1. The minimum Gasteiger partial charge on any atom is -0.493 e. The fourth-order valence-corrected chi connectivity index (χ4v) is 6.01. The Morgan fingerprint density at radius 2 is 1.92 bits per heavy atom. The van der Waals surface area contributed by atoms with Crippen molar-refractivity contribution in [2.24, 2.45) is 11.8 Å². The third kappa shape index (κ3) is 6.68. The van der Waals surface area contributed by atoms with Crippen LogP contribution in [-0.2, 0) is 11.3 Å². The second-order valence-corrected chi connectivity index (χ2v) is 10.6. The molecule has 0 aliphatic carbocycles. The minimum atomic E-state index is -0.302. The second kappa shape index (κ2) is 12.1. The Morgan fingerprint density at radius 1 is 1.05 bits per heavy atom.